The Morgan fingerprint density at radius 2 is 2.06 bits per heavy atom. The normalized spacial score (nSPS) is 24.7. The second kappa shape index (κ2) is 10.7. The maximum atomic E-state index is 12.8. The second-order valence-electron chi connectivity index (χ2n) is 9.96. The summed E-state index contributed by atoms with van der Waals surface area (Å²) in [6.45, 7) is 10.6. The van der Waals surface area contributed by atoms with Gasteiger partial charge in [0.25, 0.3) is 5.56 Å². The number of fused-ring (bicyclic) bond motifs is 5. The van der Waals surface area contributed by atoms with Crippen LogP contribution in [-0.4, -0.2) is 38.9 Å². The molecular weight excluding hydrogens is 445 g/mol. The molecule has 0 unspecified atom stereocenters. The molecule has 1 saturated heterocycles. The Morgan fingerprint density at radius 3 is 2.88 bits per heavy atom. The van der Waals surface area contributed by atoms with Crippen molar-refractivity contribution in [3.8, 4) is 0 Å². The Labute approximate surface area is 203 Å². The summed E-state index contributed by atoms with van der Waals surface area (Å²) in [7, 11) is 0. The van der Waals surface area contributed by atoms with E-state index in [0.717, 1.165) is 52.1 Å². The number of hydrogen-bond donors (Lipinski definition) is 1. The van der Waals surface area contributed by atoms with E-state index in [-0.39, 0.29) is 30.4 Å². The van der Waals surface area contributed by atoms with Crippen molar-refractivity contribution in [2.45, 2.75) is 71.1 Å². The van der Waals surface area contributed by atoms with E-state index in [0.29, 0.717) is 23.8 Å². The summed E-state index contributed by atoms with van der Waals surface area (Å²) in [6.07, 6.45) is 4.63. The Balaban J connectivity index is 0.00000144. The van der Waals surface area contributed by atoms with Crippen LogP contribution in [0.1, 0.15) is 68.6 Å². The molecule has 0 spiro atoms. The van der Waals surface area contributed by atoms with Crippen LogP contribution in [0.4, 0.5) is 0 Å². The van der Waals surface area contributed by atoms with Crippen LogP contribution in [0.5, 0.6) is 0 Å². The predicted octanol–water partition coefficient (Wildman–Crippen LogP) is 3.98. The van der Waals surface area contributed by atoms with Crippen LogP contribution >= 0.6 is 24.8 Å². The van der Waals surface area contributed by atoms with Gasteiger partial charge in [-0.15, -0.1) is 24.8 Å². The van der Waals surface area contributed by atoms with E-state index in [1.165, 1.54) is 29.9 Å². The summed E-state index contributed by atoms with van der Waals surface area (Å²) in [6, 6.07) is 8.51. The van der Waals surface area contributed by atoms with Crippen molar-refractivity contribution in [2.75, 3.05) is 19.6 Å². The molecule has 32 heavy (non-hydrogen) atoms. The molecule has 2 aromatic heterocycles. The average molecular weight is 483 g/mol. The molecule has 1 fully saturated rings. The zero-order valence-corrected chi connectivity index (χ0v) is 20.8. The van der Waals surface area contributed by atoms with Crippen molar-refractivity contribution in [1.29, 1.82) is 0 Å². The van der Waals surface area contributed by atoms with E-state index in [2.05, 4.69) is 45.4 Å². The molecule has 5 heterocycles. The van der Waals surface area contributed by atoms with Crippen LogP contribution in [0, 0.1) is 11.8 Å². The van der Waals surface area contributed by atoms with E-state index >= 15 is 0 Å². The predicted molar refractivity (Wildman–Crippen MR) is 133 cm³/mol. The molecule has 0 saturated carbocycles. The highest BCUT2D eigenvalue weighted by Crippen LogP contribution is 2.43. The van der Waals surface area contributed by atoms with Gasteiger partial charge in [0.1, 0.15) is 0 Å². The fraction of sp³-hybridized carbons (Fsp3) is 0.667. The monoisotopic (exact) mass is 481 g/mol. The Hall–Kier alpha value is -1.34. The van der Waals surface area contributed by atoms with Gasteiger partial charge in [0.2, 0.25) is 0 Å². The van der Waals surface area contributed by atoms with Crippen LogP contribution in [0.25, 0.3) is 0 Å². The van der Waals surface area contributed by atoms with Gasteiger partial charge < -0.3 is 9.88 Å². The number of aryl methyl sites for hydroxylation is 1. The first-order valence-corrected chi connectivity index (χ1v) is 11.8. The SMILES string of the molecule is CC(C)CC[C@H]1[C@H]2C[C@H](CN(Cc3cc4n(n3)CCCNC4)C2)c2cccc(=O)n21.Cl.Cl. The molecule has 8 heteroatoms. The lowest BCUT2D eigenvalue weighted by atomic mass is 9.76. The molecule has 0 radical (unpaired) electrons. The molecule has 2 bridgehead atoms. The Morgan fingerprint density at radius 1 is 1.22 bits per heavy atom. The molecule has 0 aromatic carbocycles. The number of pyridine rings is 1. The van der Waals surface area contributed by atoms with Crippen LogP contribution < -0.4 is 10.9 Å². The van der Waals surface area contributed by atoms with E-state index in [1.807, 2.05) is 6.07 Å². The highest BCUT2D eigenvalue weighted by Gasteiger charge is 2.40. The van der Waals surface area contributed by atoms with Crippen molar-refractivity contribution >= 4 is 24.8 Å². The van der Waals surface area contributed by atoms with Gasteiger partial charge in [0, 0.05) is 56.4 Å². The number of rotatable bonds is 5. The molecule has 1 N–H and O–H groups in total. The van der Waals surface area contributed by atoms with E-state index in [4.69, 9.17) is 5.10 Å². The van der Waals surface area contributed by atoms with Crippen LogP contribution in [-0.2, 0) is 19.6 Å². The number of piperidine rings is 1. The minimum Gasteiger partial charge on any atom is -0.311 e. The third-order valence-electron chi connectivity index (χ3n) is 7.24. The Kier molecular flexibility index (Phi) is 8.48. The van der Waals surface area contributed by atoms with Crippen molar-refractivity contribution in [3.05, 3.63) is 51.7 Å². The van der Waals surface area contributed by atoms with Gasteiger partial charge in [-0.3, -0.25) is 14.4 Å². The summed E-state index contributed by atoms with van der Waals surface area (Å²) in [5, 5.41) is 8.41. The van der Waals surface area contributed by atoms with E-state index < -0.39 is 0 Å². The maximum absolute atomic E-state index is 12.8. The lowest BCUT2D eigenvalue weighted by Crippen LogP contribution is -2.49. The number of aromatic nitrogens is 3. The first-order chi connectivity index (χ1) is 14.6. The first-order valence-electron chi connectivity index (χ1n) is 11.8. The highest BCUT2D eigenvalue weighted by molar-refractivity contribution is 5.85. The zero-order valence-electron chi connectivity index (χ0n) is 19.2. The molecule has 2 aromatic rings. The largest absolute Gasteiger partial charge is 0.311 e. The van der Waals surface area contributed by atoms with Gasteiger partial charge in [0.15, 0.2) is 0 Å². The molecule has 3 atom stereocenters. The van der Waals surface area contributed by atoms with Gasteiger partial charge in [-0.1, -0.05) is 19.9 Å². The Bertz CT molecular complexity index is 933. The van der Waals surface area contributed by atoms with Gasteiger partial charge in [-0.2, -0.15) is 5.10 Å². The number of hydrogen-bond acceptors (Lipinski definition) is 4. The zero-order chi connectivity index (χ0) is 20.7. The summed E-state index contributed by atoms with van der Waals surface area (Å²) < 4.78 is 4.35. The molecule has 6 nitrogen and oxygen atoms in total. The first kappa shape index (κ1) is 25.3. The molecule has 178 valence electrons. The van der Waals surface area contributed by atoms with Crippen LogP contribution in [0.2, 0.25) is 0 Å². The van der Waals surface area contributed by atoms with E-state index in [9.17, 15) is 4.79 Å². The molecule has 3 aliphatic rings. The summed E-state index contributed by atoms with van der Waals surface area (Å²) in [5.41, 5.74) is 3.95. The molecule has 3 aliphatic heterocycles. The summed E-state index contributed by atoms with van der Waals surface area (Å²) >= 11 is 0. The van der Waals surface area contributed by atoms with Crippen molar-refractivity contribution in [1.82, 2.24) is 24.6 Å². The molecule has 0 aliphatic carbocycles. The number of nitrogens with one attached hydrogen (secondary N) is 1. The van der Waals surface area contributed by atoms with Gasteiger partial charge >= 0.3 is 0 Å². The second-order valence-corrected chi connectivity index (χ2v) is 9.96. The maximum Gasteiger partial charge on any atom is 0.250 e. The summed E-state index contributed by atoms with van der Waals surface area (Å²) in [4.78, 5) is 15.4. The highest BCUT2D eigenvalue weighted by atomic mass is 35.5. The third kappa shape index (κ3) is 5.09. The number of halogens is 2. The van der Waals surface area contributed by atoms with Crippen molar-refractivity contribution in [2.24, 2.45) is 11.8 Å². The average Bonchev–Trinajstić information content (AvgIpc) is 2.96. The van der Waals surface area contributed by atoms with Gasteiger partial charge in [-0.05, 0) is 56.2 Å². The van der Waals surface area contributed by atoms with Crippen molar-refractivity contribution < 1.29 is 0 Å². The van der Waals surface area contributed by atoms with Gasteiger partial charge in [-0.25, -0.2) is 0 Å². The topological polar surface area (TPSA) is 55.1 Å². The van der Waals surface area contributed by atoms with Crippen molar-refractivity contribution in [3.63, 3.8) is 0 Å². The standard InChI is InChI=1S/C24H35N5O.2ClH/c1-17(2)7-8-23-19-11-18(22-5-3-6-24(30)29(22)23)14-27(15-19)16-20-12-21-13-25-9-4-10-28(21)26-20;;/h3,5-6,12,17-19,23,25H,4,7-11,13-16H2,1-2H3;2*1H/t18-,19+,23+;;/m1../s1. The molecule has 0 amide bonds. The molecular formula is C24H37Cl2N5O. The lowest BCUT2D eigenvalue weighted by molar-refractivity contribution is 0.0789. The summed E-state index contributed by atoms with van der Waals surface area (Å²) in [5.74, 6) is 1.67. The number of nitrogens with zero attached hydrogens (tertiary/aromatic N) is 4. The minimum atomic E-state index is 0. The van der Waals surface area contributed by atoms with Crippen LogP contribution in [0.15, 0.2) is 29.1 Å². The van der Waals surface area contributed by atoms with Crippen LogP contribution in [0.3, 0.4) is 0 Å². The smallest absolute Gasteiger partial charge is 0.250 e. The number of likely N-dealkylation sites (tertiary alicyclic amines) is 1. The van der Waals surface area contributed by atoms with Gasteiger partial charge in [0.05, 0.1) is 11.4 Å². The fourth-order valence-corrected chi connectivity index (χ4v) is 5.87. The third-order valence-corrected chi connectivity index (χ3v) is 7.24. The molecule has 5 rings (SSSR count). The quantitative estimate of drug-likeness (QED) is 0.701. The lowest BCUT2D eigenvalue weighted by Gasteiger charge is -2.47. The minimum absolute atomic E-state index is 0. The fourth-order valence-electron chi connectivity index (χ4n) is 5.87. The van der Waals surface area contributed by atoms with E-state index in [1.54, 1.807) is 6.07 Å².